The van der Waals surface area contributed by atoms with Crippen LogP contribution in [0.5, 0.6) is 0 Å². The minimum absolute atomic E-state index is 0.149. The lowest BCUT2D eigenvalue weighted by atomic mass is 9.95. The summed E-state index contributed by atoms with van der Waals surface area (Å²) < 4.78 is 15.9. The number of halogens is 1. The largest absolute Gasteiger partial charge is 0.321 e. The van der Waals surface area contributed by atoms with Crippen LogP contribution in [0.2, 0.25) is 0 Å². The summed E-state index contributed by atoms with van der Waals surface area (Å²) in [6, 6.07) is 14.7. The van der Waals surface area contributed by atoms with Gasteiger partial charge in [-0.15, -0.1) is 0 Å². The molecule has 1 atom stereocenters. The first kappa shape index (κ1) is 14.7. The van der Waals surface area contributed by atoms with E-state index in [1.54, 1.807) is 47.3 Å². The molecule has 2 heterocycles. The van der Waals surface area contributed by atoms with Crippen molar-refractivity contribution in [3.63, 3.8) is 0 Å². The highest BCUT2D eigenvalue weighted by molar-refractivity contribution is 6.02. The van der Waals surface area contributed by atoms with E-state index < -0.39 is 17.5 Å². The van der Waals surface area contributed by atoms with Gasteiger partial charge in [0, 0.05) is 24.2 Å². The Hall–Kier alpha value is -3.26. The van der Waals surface area contributed by atoms with Crippen molar-refractivity contribution >= 4 is 5.78 Å². The first-order valence-electron chi connectivity index (χ1n) is 6.98. The van der Waals surface area contributed by atoms with E-state index in [0.29, 0.717) is 11.4 Å². The minimum atomic E-state index is -1.05. The van der Waals surface area contributed by atoms with E-state index in [-0.39, 0.29) is 5.56 Å². The van der Waals surface area contributed by atoms with E-state index in [0.717, 1.165) is 6.07 Å². The standard InChI is InChI=1S/C18H12FN3O/c19-15-11-13(6-7-17(15)22-9-3-4-10-22)18(23)14(12-20)16-5-1-2-8-21-16/h1-11,14H/t14-/m1/s1. The summed E-state index contributed by atoms with van der Waals surface area (Å²) in [6.07, 6.45) is 4.94. The van der Waals surface area contributed by atoms with Crippen LogP contribution in [0, 0.1) is 17.1 Å². The maximum absolute atomic E-state index is 14.3. The molecule has 0 aliphatic heterocycles. The molecule has 0 saturated heterocycles. The second-order valence-electron chi connectivity index (χ2n) is 4.94. The van der Waals surface area contributed by atoms with Crippen molar-refractivity contribution < 1.29 is 9.18 Å². The fourth-order valence-electron chi connectivity index (χ4n) is 2.34. The summed E-state index contributed by atoms with van der Waals surface area (Å²) in [6.45, 7) is 0. The second-order valence-corrected chi connectivity index (χ2v) is 4.94. The number of Topliss-reactive ketones (excluding diaryl/α,β-unsaturated/α-hetero) is 1. The zero-order chi connectivity index (χ0) is 16.2. The van der Waals surface area contributed by atoms with E-state index in [1.807, 2.05) is 6.07 Å². The molecule has 0 spiro atoms. The maximum Gasteiger partial charge on any atom is 0.186 e. The highest BCUT2D eigenvalue weighted by Gasteiger charge is 2.23. The van der Waals surface area contributed by atoms with Gasteiger partial charge in [0.15, 0.2) is 11.7 Å². The van der Waals surface area contributed by atoms with Gasteiger partial charge in [0.25, 0.3) is 0 Å². The molecular weight excluding hydrogens is 293 g/mol. The number of nitrogens with zero attached hydrogens (tertiary/aromatic N) is 3. The van der Waals surface area contributed by atoms with Gasteiger partial charge in [0.1, 0.15) is 5.82 Å². The molecule has 23 heavy (non-hydrogen) atoms. The predicted molar refractivity (Wildman–Crippen MR) is 82.6 cm³/mol. The Kier molecular flexibility index (Phi) is 3.98. The van der Waals surface area contributed by atoms with Crippen LogP contribution in [0.3, 0.4) is 0 Å². The molecule has 3 rings (SSSR count). The lowest BCUT2D eigenvalue weighted by Crippen LogP contribution is -2.13. The Balaban J connectivity index is 1.94. The molecule has 0 fully saturated rings. The van der Waals surface area contributed by atoms with Crippen LogP contribution < -0.4 is 0 Å². The quantitative estimate of drug-likeness (QED) is 0.693. The minimum Gasteiger partial charge on any atom is -0.321 e. The third kappa shape index (κ3) is 2.87. The molecule has 2 aromatic heterocycles. The average Bonchev–Trinajstić information content (AvgIpc) is 3.10. The molecular formula is C18H12FN3O. The van der Waals surface area contributed by atoms with Gasteiger partial charge in [-0.2, -0.15) is 5.26 Å². The second kappa shape index (κ2) is 6.24. The van der Waals surface area contributed by atoms with Crippen molar-refractivity contribution in [1.82, 2.24) is 9.55 Å². The summed E-state index contributed by atoms with van der Waals surface area (Å²) >= 11 is 0. The molecule has 0 unspecified atom stereocenters. The zero-order valence-electron chi connectivity index (χ0n) is 12.1. The molecule has 4 nitrogen and oxygen atoms in total. The Morgan fingerprint density at radius 1 is 1.17 bits per heavy atom. The summed E-state index contributed by atoms with van der Waals surface area (Å²) in [7, 11) is 0. The summed E-state index contributed by atoms with van der Waals surface area (Å²) in [4.78, 5) is 16.5. The van der Waals surface area contributed by atoms with Crippen molar-refractivity contribution in [2.75, 3.05) is 0 Å². The van der Waals surface area contributed by atoms with Gasteiger partial charge >= 0.3 is 0 Å². The third-order valence-corrected chi connectivity index (χ3v) is 3.49. The first-order valence-corrected chi connectivity index (χ1v) is 6.98. The fourth-order valence-corrected chi connectivity index (χ4v) is 2.34. The molecule has 112 valence electrons. The van der Waals surface area contributed by atoms with Crippen molar-refractivity contribution in [2.45, 2.75) is 5.92 Å². The van der Waals surface area contributed by atoms with Gasteiger partial charge in [0.2, 0.25) is 0 Å². The summed E-state index contributed by atoms with van der Waals surface area (Å²) in [5.41, 5.74) is 0.850. The number of hydrogen-bond donors (Lipinski definition) is 0. The van der Waals surface area contributed by atoms with Crippen molar-refractivity contribution in [3.05, 3.63) is 84.2 Å². The average molecular weight is 305 g/mol. The third-order valence-electron chi connectivity index (χ3n) is 3.49. The highest BCUT2D eigenvalue weighted by atomic mass is 19.1. The molecule has 0 aliphatic rings. The number of ketones is 1. The first-order chi connectivity index (χ1) is 11.2. The normalized spacial score (nSPS) is 11.7. The number of pyridine rings is 1. The molecule has 5 heteroatoms. The topological polar surface area (TPSA) is 58.7 Å². The number of carbonyl (C=O) groups excluding carboxylic acids is 1. The zero-order valence-corrected chi connectivity index (χ0v) is 12.1. The number of aromatic nitrogens is 2. The van der Waals surface area contributed by atoms with Gasteiger partial charge < -0.3 is 4.57 Å². The van der Waals surface area contributed by atoms with Gasteiger partial charge in [-0.25, -0.2) is 4.39 Å². The molecule has 0 bridgehead atoms. The lowest BCUT2D eigenvalue weighted by Gasteiger charge is -2.10. The number of hydrogen-bond acceptors (Lipinski definition) is 3. The highest BCUT2D eigenvalue weighted by Crippen LogP contribution is 2.21. The smallest absolute Gasteiger partial charge is 0.186 e. The molecule has 0 amide bonds. The van der Waals surface area contributed by atoms with Crippen LogP contribution in [0.15, 0.2) is 67.1 Å². The molecule has 0 radical (unpaired) electrons. The van der Waals surface area contributed by atoms with Gasteiger partial charge in [-0.05, 0) is 42.5 Å². The van der Waals surface area contributed by atoms with Crippen LogP contribution in [-0.2, 0) is 0 Å². The molecule has 1 aromatic carbocycles. The van der Waals surface area contributed by atoms with Crippen LogP contribution in [0.25, 0.3) is 5.69 Å². The fraction of sp³-hybridized carbons (Fsp3) is 0.0556. The Morgan fingerprint density at radius 2 is 1.96 bits per heavy atom. The van der Waals surface area contributed by atoms with Gasteiger partial charge in [-0.1, -0.05) is 6.07 Å². The molecule has 0 aliphatic carbocycles. The van der Waals surface area contributed by atoms with Gasteiger partial charge in [-0.3, -0.25) is 9.78 Å². The van der Waals surface area contributed by atoms with E-state index in [9.17, 15) is 14.4 Å². The van der Waals surface area contributed by atoms with Crippen molar-refractivity contribution in [1.29, 1.82) is 5.26 Å². The van der Waals surface area contributed by atoms with Crippen LogP contribution in [0.4, 0.5) is 4.39 Å². The Morgan fingerprint density at radius 3 is 2.57 bits per heavy atom. The van der Waals surface area contributed by atoms with E-state index in [4.69, 9.17) is 0 Å². The van der Waals surface area contributed by atoms with Crippen LogP contribution in [0.1, 0.15) is 22.0 Å². The van der Waals surface area contributed by atoms with Crippen molar-refractivity contribution in [2.24, 2.45) is 0 Å². The molecule has 0 saturated carbocycles. The predicted octanol–water partition coefficient (Wildman–Crippen LogP) is 3.50. The number of rotatable bonds is 4. The maximum atomic E-state index is 14.3. The lowest BCUT2D eigenvalue weighted by molar-refractivity contribution is 0.0977. The Labute approximate surface area is 132 Å². The van der Waals surface area contributed by atoms with Crippen LogP contribution in [-0.4, -0.2) is 15.3 Å². The van der Waals surface area contributed by atoms with E-state index in [1.165, 1.54) is 18.3 Å². The number of benzene rings is 1. The number of nitriles is 1. The van der Waals surface area contributed by atoms with Crippen molar-refractivity contribution in [3.8, 4) is 11.8 Å². The number of carbonyl (C=O) groups is 1. The molecule has 3 aromatic rings. The van der Waals surface area contributed by atoms with Gasteiger partial charge in [0.05, 0.1) is 17.5 Å². The summed E-state index contributed by atoms with van der Waals surface area (Å²) in [5, 5.41) is 9.28. The Bertz CT molecular complexity index is 867. The molecule has 0 N–H and O–H groups in total. The van der Waals surface area contributed by atoms with Crippen LogP contribution >= 0.6 is 0 Å². The monoisotopic (exact) mass is 305 g/mol. The SMILES string of the molecule is N#C[C@@H](C(=O)c1ccc(-n2cccc2)c(F)c1)c1ccccn1. The summed E-state index contributed by atoms with van der Waals surface area (Å²) in [5.74, 6) is -2.04. The van der Waals surface area contributed by atoms with E-state index in [2.05, 4.69) is 4.98 Å². The van der Waals surface area contributed by atoms with E-state index >= 15 is 0 Å².